The minimum atomic E-state index is 0.429. The third-order valence-corrected chi connectivity index (χ3v) is 3.67. The molecular weight excluding hydrogens is 256 g/mol. The van der Waals surface area contributed by atoms with E-state index in [1.165, 1.54) is 22.3 Å². The Hall–Kier alpha value is -1.41. The Kier molecular flexibility index (Phi) is 10.5. The lowest BCUT2D eigenvalue weighted by atomic mass is 9.87. The van der Waals surface area contributed by atoms with Crippen LogP contribution in [0.15, 0.2) is 41.7 Å². The molecule has 1 rings (SSSR count). The quantitative estimate of drug-likeness (QED) is 0.729. The van der Waals surface area contributed by atoms with E-state index < -0.39 is 0 Å². The van der Waals surface area contributed by atoms with Gasteiger partial charge in [0.15, 0.2) is 0 Å². The second-order valence-electron chi connectivity index (χ2n) is 4.99. The fourth-order valence-corrected chi connectivity index (χ4v) is 2.32. The normalized spacial score (nSPS) is 14.0. The summed E-state index contributed by atoms with van der Waals surface area (Å²) in [5.74, 6) is 0.429. The first-order valence-electron chi connectivity index (χ1n) is 8.12. The lowest BCUT2D eigenvalue weighted by Crippen LogP contribution is -2.13. The number of hydrogen-bond acceptors (Lipinski definition) is 2. The predicted molar refractivity (Wildman–Crippen MR) is 95.1 cm³/mol. The van der Waals surface area contributed by atoms with Crippen molar-refractivity contribution in [1.29, 1.82) is 0 Å². The number of nitrogens with two attached hydrogens (primary N) is 1. The van der Waals surface area contributed by atoms with Crippen LogP contribution in [0.4, 0.5) is 0 Å². The fraction of sp³-hybridized carbons (Fsp3) is 0.526. The van der Waals surface area contributed by atoms with E-state index >= 15 is 0 Å². The molecule has 2 nitrogen and oxygen atoms in total. The molecule has 2 N–H and O–H groups in total. The van der Waals surface area contributed by atoms with Gasteiger partial charge in [0.1, 0.15) is 0 Å². The summed E-state index contributed by atoms with van der Waals surface area (Å²) in [6.45, 7) is 13.4. The number of aromatic nitrogens is 1. The highest BCUT2D eigenvalue weighted by Crippen LogP contribution is 2.31. The van der Waals surface area contributed by atoms with Gasteiger partial charge in [0.25, 0.3) is 0 Å². The molecule has 1 aromatic rings. The van der Waals surface area contributed by atoms with Crippen molar-refractivity contribution in [2.24, 2.45) is 11.7 Å². The first-order chi connectivity index (χ1) is 10.2. The van der Waals surface area contributed by atoms with Gasteiger partial charge in [-0.05, 0) is 61.6 Å². The molecule has 0 radical (unpaired) electrons. The summed E-state index contributed by atoms with van der Waals surface area (Å²) < 4.78 is 0. The second-order valence-corrected chi connectivity index (χ2v) is 4.99. The zero-order chi connectivity index (χ0) is 16.3. The molecule has 0 saturated heterocycles. The Morgan fingerprint density at radius 3 is 2.29 bits per heavy atom. The van der Waals surface area contributed by atoms with Gasteiger partial charge in [-0.3, -0.25) is 4.98 Å². The van der Waals surface area contributed by atoms with Gasteiger partial charge in [-0.25, -0.2) is 0 Å². The minimum absolute atomic E-state index is 0.429. The largest absolute Gasteiger partial charge is 0.330 e. The van der Waals surface area contributed by atoms with Crippen LogP contribution >= 0.6 is 0 Å². The maximum atomic E-state index is 5.82. The Morgan fingerprint density at radius 2 is 1.86 bits per heavy atom. The molecule has 0 saturated carbocycles. The molecule has 118 valence electrons. The van der Waals surface area contributed by atoms with Crippen molar-refractivity contribution in [3.63, 3.8) is 0 Å². The summed E-state index contributed by atoms with van der Waals surface area (Å²) in [5.41, 5.74) is 11.2. The monoisotopic (exact) mass is 288 g/mol. The van der Waals surface area contributed by atoms with Crippen molar-refractivity contribution in [2.45, 2.75) is 54.4 Å². The summed E-state index contributed by atoms with van der Waals surface area (Å²) in [5, 5.41) is 0. The molecule has 21 heavy (non-hydrogen) atoms. The average Bonchev–Trinajstić information content (AvgIpc) is 2.56. The van der Waals surface area contributed by atoms with Crippen LogP contribution < -0.4 is 5.73 Å². The highest BCUT2D eigenvalue weighted by atomic mass is 14.6. The van der Waals surface area contributed by atoms with Crippen LogP contribution in [0.1, 0.15) is 59.9 Å². The van der Waals surface area contributed by atoms with E-state index in [0.717, 1.165) is 12.8 Å². The van der Waals surface area contributed by atoms with Crippen LogP contribution in [0.3, 0.4) is 0 Å². The van der Waals surface area contributed by atoms with E-state index in [-0.39, 0.29) is 0 Å². The smallest absolute Gasteiger partial charge is 0.0273 e. The first-order valence-corrected chi connectivity index (χ1v) is 8.12. The van der Waals surface area contributed by atoms with Gasteiger partial charge < -0.3 is 5.73 Å². The Labute approximate surface area is 131 Å². The van der Waals surface area contributed by atoms with Crippen LogP contribution in [0, 0.1) is 5.92 Å². The molecule has 0 amide bonds. The van der Waals surface area contributed by atoms with Gasteiger partial charge in [0.2, 0.25) is 0 Å². The molecule has 0 aliphatic carbocycles. The van der Waals surface area contributed by atoms with Gasteiger partial charge in [-0.1, -0.05) is 45.8 Å². The van der Waals surface area contributed by atoms with Crippen molar-refractivity contribution in [3.05, 3.63) is 47.3 Å². The molecule has 0 spiro atoms. The molecule has 0 aliphatic heterocycles. The summed E-state index contributed by atoms with van der Waals surface area (Å²) in [6.07, 6.45) is 8.14. The van der Waals surface area contributed by atoms with Crippen LogP contribution in [0.25, 0.3) is 5.57 Å². The second kappa shape index (κ2) is 11.3. The minimum Gasteiger partial charge on any atom is -0.330 e. The van der Waals surface area contributed by atoms with Gasteiger partial charge in [-0.15, -0.1) is 0 Å². The third-order valence-electron chi connectivity index (χ3n) is 3.67. The topological polar surface area (TPSA) is 38.9 Å². The standard InChI is InChI=1S/C17H26N2.C2H6/c1-5-7-17(14(4)13(3)12-18)16(6-2)15-8-10-19-11-9-15;1-2/h6,8-11,13H,5,7,12,18H2,1-4H3;1-2H3/b16-6-,17-14+;. The van der Waals surface area contributed by atoms with E-state index in [4.69, 9.17) is 5.73 Å². The summed E-state index contributed by atoms with van der Waals surface area (Å²) in [4.78, 5) is 4.10. The lowest BCUT2D eigenvalue weighted by Gasteiger charge is -2.19. The average molecular weight is 288 g/mol. The highest BCUT2D eigenvalue weighted by molar-refractivity contribution is 5.79. The molecule has 1 atom stereocenters. The van der Waals surface area contributed by atoms with E-state index in [9.17, 15) is 0 Å². The Morgan fingerprint density at radius 1 is 1.29 bits per heavy atom. The number of pyridine rings is 1. The Balaban J connectivity index is 0.00000191. The van der Waals surface area contributed by atoms with E-state index in [1.54, 1.807) is 0 Å². The van der Waals surface area contributed by atoms with Gasteiger partial charge >= 0.3 is 0 Å². The number of nitrogens with zero attached hydrogens (tertiary/aromatic N) is 1. The number of allylic oxidation sites excluding steroid dienone is 3. The van der Waals surface area contributed by atoms with Crippen LogP contribution in [-0.2, 0) is 0 Å². The first kappa shape index (κ1) is 19.6. The molecular formula is C19H32N2. The SMILES string of the molecule is C/C=C(\C(CCC)=C(/C)C(C)CN)c1ccncc1.CC. The molecule has 0 bridgehead atoms. The molecule has 1 heterocycles. The van der Waals surface area contributed by atoms with Gasteiger partial charge in [0, 0.05) is 12.4 Å². The summed E-state index contributed by atoms with van der Waals surface area (Å²) in [7, 11) is 0. The summed E-state index contributed by atoms with van der Waals surface area (Å²) in [6, 6.07) is 4.15. The third kappa shape index (κ3) is 5.84. The van der Waals surface area contributed by atoms with Gasteiger partial charge in [-0.2, -0.15) is 0 Å². The predicted octanol–water partition coefficient (Wildman–Crippen LogP) is 5.22. The van der Waals surface area contributed by atoms with E-state index in [2.05, 4.69) is 50.9 Å². The lowest BCUT2D eigenvalue weighted by molar-refractivity contribution is 0.681. The van der Waals surface area contributed by atoms with Crippen molar-refractivity contribution in [2.75, 3.05) is 6.54 Å². The molecule has 0 aliphatic rings. The van der Waals surface area contributed by atoms with E-state index in [1.807, 2.05) is 26.2 Å². The zero-order valence-electron chi connectivity index (χ0n) is 14.6. The molecule has 1 aromatic heterocycles. The van der Waals surface area contributed by atoms with Crippen LogP contribution in [0.2, 0.25) is 0 Å². The van der Waals surface area contributed by atoms with Crippen molar-refractivity contribution in [1.82, 2.24) is 4.98 Å². The molecule has 2 heteroatoms. The van der Waals surface area contributed by atoms with Crippen molar-refractivity contribution < 1.29 is 0 Å². The van der Waals surface area contributed by atoms with E-state index in [0.29, 0.717) is 12.5 Å². The van der Waals surface area contributed by atoms with Crippen LogP contribution in [-0.4, -0.2) is 11.5 Å². The maximum absolute atomic E-state index is 5.82. The maximum Gasteiger partial charge on any atom is 0.0273 e. The highest BCUT2D eigenvalue weighted by Gasteiger charge is 2.13. The fourth-order valence-electron chi connectivity index (χ4n) is 2.32. The van der Waals surface area contributed by atoms with Gasteiger partial charge in [0.05, 0.1) is 0 Å². The van der Waals surface area contributed by atoms with Crippen molar-refractivity contribution >= 4 is 5.57 Å². The van der Waals surface area contributed by atoms with Crippen molar-refractivity contribution in [3.8, 4) is 0 Å². The molecule has 0 fully saturated rings. The molecule has 0 aromatic carbocycles. The number of hydrogen-bond donors (Lipinski definition) is 1. The summed E-state index contributed by atoms with van der Waals surface area (Å²) >= 11 is 0. The zero-order valence-corrected chi connectivity index (χ0v) is 14.6. The van der Waals surface area contributed by atoms with Crippen LogP contribution in [0.5, 0.6) is 0 Å². The Bertz CT molecular complexity index is 444. The number of rotatable bonds is 6. The molecule has 1 unspecified atom stereocenters.